The second kappa shape index (κ2) is 11.7. The SMILES string of the molecule is CC(=O)N1CC=C(c2cc3cc(Nc4cc5n(n4)CC(=O)N(C(C)C)CC5)ncc3c(NC(=O)OC(C)(C)C)c2F)CC1. The number of benzene rings is 1. The topological polar surface area (TPSA) is 122 Å². The largest absolute Gasteiger partial charge is 0.444 e. The summed E-state index contributed by atoms with van der Waals surface area (Å²) < 4.78 is 23.2. The van der Waals surface area contributed by atoms with E-state index in [1.165, 1.54) is 13.1 Å². The molecular formula is C31H38FN7O4. The molecule has 0 aliphatic carbocycles. The van der Waals surface area contributed by atoms with Crippen molar-refractivity contribution in [2.75, 3.05) is 30.3 Å². The first kappa shape index (κ1) is 30.0. The molecule has 5 rings (SSSR count). The predicted octanol–water partition coefficient (Wildman–Crippen LogP) is 5.09. The highest BCUT2D eigenvalue weighted by Crippen LogP contribution is 2.36. The summed E-state index contributed by atoms with van der Waals surface area (Å²) in [5.74, 6) is 0.400. The van der Waals surface area contributed by atoms with Crippen LogP contribution < -0.4 is 10.6 Å². The molecule has 2 aromatic heterocycles. The molecular weight excluding hydrogens is 553 g/mol. The highest BCUT2D eigenvalue weighted by Gasteiger charge is 2.26. The van der Waals surface area contributed by atoms with Gasteiger partial charge in [-0.25, -0.2) is 14.2 Å². The summed E-state index contributed by atoms with van der Waals surface area (Å²) in [5.41, 5.74) is 1.22. The molecule has 2 N–H and O–H groups in total. The van der Waals surface area contributed by atoms with Crippen LogP contribution in [-0.2, 0) is 27.3 Å². The number of hydrogen-bond acceptors (Lipinski definition) is 7. The minimum absolute atomic E-state index is 0.0234. The van der Waals surface area contributed by atoms with Crippen LogP contribution in [0.15, 0.2) is 30.5 Å². The maximum Gasteiger partial charge on any atom is 0.412 e. The number of rotatable bonds is 5. The number of pyridine rings is 1. The number of anilines is 3. The summed E-state index contributed by atoms with van der Waals surface area (Å²) in [6.07, 6.45) is 3.71. The smallest absolute Gasteiger partial charge is 0.412 e. The van der Waals surface area contributed by atoms with E-state index in [0.29, 0.717) is 60.4 Å². The Balaban J connectivity index is 1.48. The van der Waals surface area contributed by atoms with E-state index in [1.54, 1.807) is 42.5 Å². The van der Waals surface area contributed by atoms with Crippen LogP contribution in [0.25, 0.3) is 16.3 Å². The molecule has 43 heavy (non-hydrogen) atoms. The van der Waals surface area contributed by atoms with Crippen molar-refractivity contribution in [3.63, 3.8) is 0 Å². The van der Waals surface area contributed by atoms with Crippen molar-refractivity contribution < 1.29 is 23.5 Å². The average Bonchev–Trinajstić information content (AvgIpc) is 3.21. The van der Waals surface area contributed by atoms with Gasteiger partial charge in [0.15, 0.2) is 11.6 Å². The first-order chi connectivity index (χ1) is 20.3. The van der Waals surface area contributed by atoms with Crippen molar-refractivity contribution in [2.24, 2.45) is 0 Å². The Labute approximate surface area is 250 Å². The summed E-state index contributed by atoms with van der Waals surface area (Å²) >= 11 is 0. The molecule has 0 fully saturated rings. The monoisotopic (exact) mass is 591 g/mol. The van der Waals surface area contributed by atoms with Crippen molar-refractivity contribution in [2.45, 2.75) is 72.6 Å². The van der Waals surface area contributed by atoms with Crippen LogP contribution >= 0.6 is 0 Å². The van der Waals surface area contributed by atoms with E-state index >= 15 is 4.39 Å². The first-order valence-corrected chi connectivity index (χ1v) is 14.5. The molecule has 2 aliphatic heterocycles. The molecule has 2 aliphatic rings. The molecule has 0 bridgehead atoms. The summed E-state index contributed by atoms with van der Waals surface area (Å²) in [6, 6.07) is 5.52. The number of carbonyl (C=O) groups is 3. The third-order valence-electron chi connectivity index (χ3n) is 7.54. The quantitative estimate of drug-likeness (QED) is 0.424. The minimum Gasteiger partial charge on any atom is -0.444 e. The van der Waals surface area contributed by atoms with Gasteiger partial charge in [0.05, 0.1) is 5.69 Å². The third kappa shape index (κ3) is 6.63. The zero-order chi connectivity index (χ0) is 31.1. The number of hydrogen-bond donors (Lipinski definition) is 2. The van der Waals surface area contributed by atoms with Crippen LogP contribution in [0, 0.1) is 5.82 Å². The molecule has 11 nitrogen and oxygen atoms in total. The molecule has 0 spiro atoms. The molecule has 12 heteroatoms. The van der Waals surface area contributed by atoms with Gasteiger partial charge >= 0.3 is 6.09 Å². The van der Waals surface area contributed by atoms with Gasteiger partial charge in [0.25, 0.3) is 0 Å². The number of amides is 3. The van der Waals surface area contributed by atoms with Crippen molar-refractivity contribution >= 4 is 51.6 Å². The van der Waals surface area contributed by atoms with Crippen LogP contribution in [0.2, 0.25) is 0 Å². The van der Waals surface area contributed by atoms with Gasteiger partial charge in [-0.15, -0.1) is 0 Å². The fourth-order valence-corrected chi connectivity index (χ4v) is 5.41. The van der Waals surface area contributed by atoms with E-state index in [0.717, 1.165) is 11.3 Å². The van der Waals surface area contributed by atoms with Gasteiger partial charge in [0.1, 0.15) is 18.0 Å². The number of nitrogens with zero attached hydrogens (tertiary/aromatic N) is 5. The minimum atomic E-state index is -0.780. The van der Waals surface area contributed by atoms with E-state index in [4.69, 9.17) is 4.74 Å². The lowest BCUT2D eigenvalue weighted by Crippen LogP contribution is -2.38. The fraction of sp³-hybridized carbons (Fsp3) is 0.452. The molecule has 0 atom stereocenters. The fourth-order valence-electron chi connectivity index (χ4n) is 5.41. The van der Waals surface area contributed by atoms with Gasteiger partial charge in [-0.05, 0) is 64.1 Å². The summed E-state index contributed by atoms with van der Waals surface area (Å²) in [5, 5.41) is 11.4. The van der Waals surface area contributed by atoms with E-state index in [9.17, 15) is 14.4 Å². The van der Waals surface area contributed by atoms with E-state index in [1.807, 2.05) is 30.9 Å². The maximum absolute atomic E-state index is 16.1. The number of aromatic nitrogens is 3. The van der Waals surface area contributed by atoms with Crippen molar-refractivity contribution in [3.05, 3.63) is 47.5 Å². The Morgan fingerprint density at radius 2 is 1.86 bits per heavy atom. The molecule has 0 unspecified atom stereocenters. The third-order valence-corrected chi connectivity index (χ3v) is 7.54. The Morgan fingerprint density at radius 3 is 2.51 bits per heavy atom. The van der Waals surface area contributed by atoms with Gasteiger partial charge < -0.3 is 19.9 Å². The molecule has 0 saturated carbocycles. The van der Waals surface area contributed by atoms with E-state index < -0.39 is 17.5 Å². The summed E-state index contributed by atoms with van der Waals surface area (Å²) in [7, 11) is 0. The van der Waals surface area contributed by atoms with Crippen molar-refractivity contribution in [1.82, 2.24) is 24.6 Å². The molecule has 3 amide bonds. The van der Waals surface area contributed by atoms with Gasteiger partial charge in [-0.1, -0.05) is 6.08 Å². The van der Waals surface area contributed by atoms with Gasteiger partial charge in [0.2, 0.25) is 11.8 Å². The number of nitrogens with one attached hydrogen (secondary N) is 2. The summed E-state index contributed by atoms with van der Waals surface area (Å²) in [4.78, 5) is 45.2. The maximum atomic E-state index is 16.1. The second-order valence-electron chi connectivity index (χ2n) is 12.2. The predicted molar refractivity (Wildman–Crippen MR) is 162 cm³/mol. The number of carbonyl (C=O) groups excluding carboxylic acids is 3. The average molecular weight is 592 g/mol. The number of ether oxygens (including phenoxy) is 1. The Hall–Kier alpha value is -4.48. The second-order valence-corrected chi connectivity index (χ2v) is 12.2. The molecule has 0 saturated heterocycles. The van der Waals surface area contributed by atoms with Gasteiger partial charge in [-0.2, -0.15) is 5.10 Å². The Bertz CT molecular complexity index is 1620. The molecule has 228 valence electrons. The summed E-state index contributed by atoms with van der Waals surface area (Å²) in [6.45, 7) is 12.3. The Kier molecular flexibility index (Phi) is 8.13. The van der Waals surface area contributed by atoms with Crippen LogP contribution in [0.5, 0.6) is 0 Å². The highest BCUT2D eigenvalue weighted by atomic mass is 19.1. The van der Waals surface area contributed by atoms with Crippen LogP contribution in [0.3, 0.4) is 0 Å². The number of fused-ring (bicyclic) bond motifs is 2. The first-order valence-electron chi connectivity index (χ1n) is 14.5. The zero-order valence-corrected chi connectivity index (χ0v) is 25.5. The standard InChI is InChI=1S/C31H38FN7O4/c1-18(2)38-12-9-22-15-26(36-39(22)17-27(38)41)34-25-14-21-13-23(20-7-10-37(11-8-20)19(3)40)28(32)29(24(21)16-33-25)35-30(42)43-31(4,5)6/h7,13-16,18H,8-12,17H2,1-6H3,(H,35,42)(H,33,34,36). The lowest BCUT2D eigenvalue weighted by atomic mass is 9.95. The lowest BCUT2D eigenvalue weighted by Gasteiger charge is -2.26. The van der Waals surface area contributed by atoms with E-state index in [2.05, 4.69) is 20.7 Å². The number of halogens is 1. The zero-order valence-electron chi connectivity index (χ0n) is 25.5. The molecule has 3 aromatic rings. The van der Waals surface area contributed by atoms with Crippen molar-refractivity contribution in [1.29, 1.82) is 0 Å². The van der Waals surface area contributed by atoms with Crippen molar-refractivity contribution in [3.8, 4) is 0 Å². The molecule has 0 radical (unpaired) electrons. The van der Waals surface area contributed by atoms with Crippen LogP contribution in [0.1, 0.15) is 59.2 Å². The molecule has 1 aromatic carbocycles. The normalized spacial score (nSPS) is 15.7. The van der Waals surface area contributed by atoms with Crippen LogP contribution in [-0.4, -0.2) is 73.7 Å². The Morgan fingerprint density at radius 1 is 1.09 bits per heavy atom. The molecule has 4 heterocycles. The lowest BCUT2D eigenvalue weighted by molar-refractivity contribution is -0.133. The van der Waals surface area contributed by atoms with Crippen LogP contribution in [0.4, 0.5) is 26.5 Å². The van der Waals surface area contributed by atoms with Gasteiger partial charge in [0, 0.05) is 67.9 Å². The van der Waals surface area contributed by atoms with E-state index in [-0.39, 0.29) is 30.1 Å². The highest BCUT2D eigenvalue weighted by molar-refractivity contribution is 6.03. The van der Waals surface area contributed by atoms with Gasteiger partial charge in [-0.3, -0.25) is 19.6 Å².